The number of anilines is 1. The minimum atomic E-state index is -1.62. The molecule has 23 heavy (non-hydrogen) atoms. The van der Waals surface area contributed by atoms with E-state index < -0.39 is 35.5 Å². The Kier molecular flexibility index (Phi) is 4.00. The van der Waals surface area contributed by atoms with Crippen molar-refractivity contribution in [2.24, 2.45) is 0 Å². The Hall–Kier alpha value is -1.76. The number of aromatic nitrogens is 3. The van der Waals surface area contributed by atoms with Gasteiger partial charge in [0.15, 0.2) is 16.7 Å². The lowest BCUT2D eigenvalue weighted by atomic mass is 9.99. The fraction of sp³-hybridized carbons (Fsp3) is 0.385. The van der Waals surface area contributed by atoms with Crippen LogP contribution in [0, 0.1) is 11.3 Å². The van der Waals surface area contributed by atoms with Gasteiger partial charge in [0.1, 0.15) is 12.2 Å². The molecule has 8 nitrogen and oxygen atoms in total. The number of nitrogens with zero attached hydrogens (tertiary/aromatic N) is 2. The van der Waals surface area contributed by atoms with Crippen molar-refractivity contribution in [2.75, 3.05) is 12.3 Å². The normalized spacial score (nSPS) is 30.3. The van der Waals surface area contributed by atoms with Gasteiger partial charge in [0.25, 0.3) is 5.56 Å². The standard InChI is InChI=1S/C13H12Cl2N4O4/c14-3-2-13(15)8(21)7(5-20)23-11(13)19-4-1-6-9(19)17-12(16)18-10(6)22/h1,4,7-8,11,20-21H,5H2,(H3,16,17,18,22). The first-order chi connectivity index (χ1) is 10.9. The van der Waals surface area contributed by atoms with Crippen molar-refractivity contribution in [2.45, 2.75) is 23.3 Å². The molecule has 0 radical (unpaired) electrons. The zero-order chi connectivity index (χ0) is 16.8. The van der Waals surface area contributed by atoms with Crippen molar-refractivity contribution in [3.8, 4) is 11.3 Å². The number of alkyl halides is 1. The molecule has 0 aromatic carbocycles. The average molecular weight is 359 g/mol. The molecule has 0 aliphatic carbocycles. The Morgan fingerprint density at radius 2 is 2.35 bits per heavy atom. The lowest BCUT2D eigenvalue weighted by Gasteiger charge is -2.25. The fourth-order valence-electron chi connectivity index (χ4n) is 2.62. The van der Waals surface area contributed by atoms with E-state index in [1.807, 2.05) is 0 Å². The quantitative estimate of drug-likeness (QED) is 0.432. The van der Waals surface area contributed by atoms with Crippen molar-refractivity contribution in [3.63, 3.8) is 0 Å². The molecule has 1 saturated heterocycles. The number of halogens is 2. The molecule has 0 amide bonds. The number of hydrogen-bond acceptors (Lipinski definition) is 6. The van der Waals surface area contributed by atoms with Gasteiger partial charge in [-0.3, -0.25) is 9.78 Å². The maximum atomic E-state index is 11.9. The Labute approximate surface area is 139 Å². The summed E-state index contributed by atoms with van der Waals surface area (Å²) in [6.45, 7) is -0.467. The number of nitrogen functional groups attached to an aromatic ring is 1. The number of nitrogens with one attached hydrogen (secondary N) is 1. The maximum Gasteiger partial charge on any atom is 0.261 e. The summed E-state index contributed by atoms with van der Waals surface area (Å²) in [6, 6.07) is 1.51. The second kappa shape index (κ2) is 5.70. The summed E-state index contributed by atoms with van der Waals surface area (Å²) in [5.74, 6) is 2.42. The van der Waals surface area contributed by atoms with Crippen LogP contribution in [0.3, 0.4) is 0 Å². The highest BCUT2D eigenvalue weighted by Gasteiger charge is 2.55. The fourth-order valence-corrected chi connectivity index (χ4v) is 3.17. The monoisotopic (exact) mass is 358 g/mol. The van der Waals surface area contributed by atoms with Crippen molar-refractivity contribution in [1.29, 1.82) is 0 Å². The van der Waals surface area contributed by atoms with Crippen molar-refractivity contribution < 1.29 is 14.9 Å². The van der Waals surface area contributed by atoms with Crippen LogP contribution in [0.5, 0.6) is 0 Å². The lowest BCUT2D eigenvalue weighted by molar-refractivity contribution is -0.0435. The molecule has 1 aliphatic rings. The molecule has 2 aromatic heterocycles. The summed E-state index contributed by atoms with van der Waals surface area (Å²) in [4.78, 5) is 16.7. The first-order valence-corrected chi connectivity index (χ1v) is 7.30. The largest absolute Gasteiger partial charge is 0.394 e. The number of rotatable bonds is 2. The SMILES string of the molecule is Nc1nc2c(ccn2C2OC(CO)C(O)C2(Cl)C#CCl)c(=O)[nH]1. The highest BCUT2D eigenvalue weighted by molar-refractivity contribution is 6.32. The third kappa shape index (κ3) is 2.38. The van der Waals surface area contributed by atoms with E-state index in [2.05, 4.69) is 21.3 Å². The third-order valence-corrected chi connectivity index (χ3v) is 4.32. The third-order valence-electron chi connectivity index (χ3n) is 3.72. The van der Waals surface area contributed by atoms with Crippen LogP contribution in [-0.2, 0) is 4.74 Å². The molecule has 10 heteroatoms. The molecule has 1 fully saturated rings. The van der Waals surface area contributed by atoms with Crippen molar-refractivity contribution in [1.82, 2.24) is 14.5 Å². The lowest BCUT2D eigenvalue weighted by Crippen LogP contribution is -2.41. The molecule has 0 bridgehead atoms. The van der Waals surface area contributed by atoms with E-state index in [4.69, 9.17) is 33.7 Å². The Balaban J connectivity index is 2.20. The minimum Gasteiger partial charge on any atom is -0.394 e. The van der Waals surface area contributed by atoms with Crippen LogP contribution in [0.4, 0.5) is 5.95 Å². The second-order valence-electron chi connectivity index (χ2n) is 5.05. The van der Waals surface area contributed by atoms with E-state index in [9.17, 15) is 15.0 Å². The van der Waals surface area contributed by atoms with E-state index in [1.165, 1.54) is 16.8 Å². The van der Waals surface area contributed by atoms with Gasteiger partial charge in [0.2, 0.25) is 5.95 Å². The summed E-state index contributed by atoms with van der Waals surface area (Å²) in [5, 5.41) is 22.0. The number of nitrogens with two attached hydrogens (primary N) is 1. The highest BCUT2D eigenvalue weighted by atomic mass is 35.5. The number of H-pyrrole nitrogens is 1. The molecular weight excluding hydrogens is 347 g/mol. The molecule has 0 saturated carbocycles. The minimum absolute atomic E-state index is 0.0803. The van der Waals surface area contributed by atoms with Crippen LogP contribution in [0.25, 0.3) is 11.0 Å². The van der Waals surface area contributed by atoms with E-state index in [1.54, 1.807) is 0 Å². The van der Waals surface area contributed by atoms with Crippen LogP contribution in [-0.4, -0.2) is 48.4 Å². The van der Waals surface area contributed by atoms with Crippen molar-refractivity contribution >= 4 is 40.2 Å². The van der Waals surface area contributed by atoms with Gasteiger partial charge in [-0.15, -0.1) is 0 Å². The summed E-state index contributed by atoms with van der Waals surface area (Å²) < 4.78 is 7.02. The molecule has 4 atom stereocenters. The van der Waals surface area contributed by atoms with Gasteiger partial charge in [-0.2, -0.15) is 4.98 Å². The molecule has 3 heterocycles. The van der Waals surface area contributed by atoms with Gasteiger partial charge >= 0.3 is 0 Å². The number of ether oxygens (including phenoxy) is 1. The summed E-state index contributed by atoms with van der Waals surface area (Å²) >= 11 is 11.9. The zero-order valence-corrected chi connectivity index (χ0v) is 13.0. The van der Waals surface area contributed by atoms with Crippen molar-refractivity contribution in [3.05, 3.63) is 22.6 Å². The number of aromatic amines is 1. The van der Waals surface area contributed by atoms with Gasteiger partial charge in [-0.05, 0) is 17.7 Å². The molecule has 3 rings (SSSR count). The summed E-state index contributed by atoms with van der Waals surface area (Å²) in [6.07, 6.45) is -1.79. The van der Waals surface area contributed by atoms with E-state index >= 15 is 0 Å². The summed E-state index contributed by atoms with van der Waals surface area (Å²) in [5.41, 5.74) is 5.35. The second-order valence-corrected chi connectivity index (χ2v) is 5.87. The summed E-state index contributed by atoms with van der Waals surface area (Å²) in [7, 11) is 0. The van der Waals surface area contributed by atoms with Gasteiger partial charge in [-0.25, -0.2) is 0 Å². The van der Waals surface area contributed by atoms with Crippen LogP contribution in [0.15, 0.2) is 17.1 Å². The smallest absolute Gasteiger partial charge is 0.261 e. The van der Waals surface area contributed by atoms with Gasteiger partial charge in [-0.1, -0.05) is 17.5 Å². The molecule has 5 N–H and O–H groups in total. The first kappa shape index (κ1) is 16.1. The van der Waals surface area contributed by atoms with Crippen LogP contribution < -0.4 is 11.3 Å². The molecule has 2 aromatic rings. The Morgan fingerprint density at radius 3 is 3.00 bits per heavy atom. The first-order valence-electron chi connectivity index (χ1n) is 6.54. The predicted octanol–water partition coefficient (Wildman–Crippen LogP) is -0.265. The van der Waals surface area contributed by atoms with Gasteiger partial charge in [0, 0.05) is 11.6 Å². The van der Waals surface area contributed by atoms with Crippen LogP contribution in [0.2, 0.25) is 0 Å². The number of aliphatic hydroxyl groups is 2. The molecular formula is C13H12Cl2N4O4. The van der Waals surface area contributed by atoms with E-state index in [-0.39, 0.29) is 17.0 Å². The molecule has 0 spiro atoms. The highest BCUT2D eigenvalue weighted by Crippen LogP contribution is 2.44. The van der Waals surface area contributed by atoms with Gasteiger partial charge in [0.05, 0.1) is 12.0 Å². The Morgan fingerprint density at radius 1 is 1.61 bits per heavy atom. The number of fused-ring (bicyclic) bond motifs is 1. The number of hydrogen-bond donors (Lipinski definition) is 4. The van der Waals surface area contributed by atoms with Gasteiger partial charge < -0.3 is 25.3 Å². The maximum absolute atomic E-state index is 11.9. The predicted molar refractivity (Wildman–Crippen MR) is 84.0 cm³/mol. The molecule has 122 valence electrons. The molecule has 4 unspecified atom stereocenters. The van der Waals surface area contributed by atoms with E-state index in [0.29, 0.717) is 0 Å². The topological polar surface area (TPSA) is 126 Å². The molecule has 1 aliphatic heterocycles. The van der Waals surface area contributed by atoms with Crippen LogP contribution in [0.1, 0.15) is 6.23 Å². The zero-order valence-electron chi connectivity index (χ0n) is 11.5. The number of aliphatic hydroxyl groups excluding tert-OH is 2. The average Bonchev–Trinajstić information content (AvgIpc) is 3.01. The van der Waals surface area contributed by atoms with Crippen LogP contribution >= 0.6 is 23.2 Å². The van der Waals surface area contributed by atoms with E-state index in [0.717, 1.165) is 0 Å². The Bertz CT molecular complexity index is 870.